The van der Waals surface area contributed by atoms with Crippen LogP contribution in [0.4, 0.5) is 0 Å². The molecular formula is C18H30N2O. The first-order valence-corrected chi connectivity index (χ1v) is 8.13. The third kappa shape index (κ3) is 4.06. The van der Waals surface area contributed by atoms with E-state index in [2.05, 4.69) is 61.8 Å². The van der Waals surface area contributed by atoms with Gasteiger partial charge in [-0.15, -0.1) is 0 Å². The summed E-state index contributed by atoms with van der Waals surface area (Å²) >= 11 is 0. The largest absolute Gasteiger partial charge is 0.394 e. The lowest BCUT2D eigenvalue weighted by Gasteiger charge is -2.38. The maximum absolute atomic E-state index is 9.83. The van der Waals surface area contributed by atoms with Crippen LogP contribution in [-0.4, -0.2) is 54.2 Å². The third-order valence-corrected chi connectivity index (χ3v) is 4.63. The van der Waals surface area contributed by atoms with Gasteiger partial charge in [-0.25, -0.2) is 0 Å². The number of likely N-dealkylation sites (N-methyl/N-ethyl adjacent to an activating group) is 1. The average Bonchev–Trinajstić information content (AvgIpc) is 2.48. The molecule has 0 spiro atoms. The Morgan fingerprint density at radius 2 is 1.62 bits per heavy atom. The van der Waals surface area contributed by atoms with Gasteiger partial charge in [0.2, 0.25) is 0 Å². The minimum Gasteiger partial charge on any atom is -0.394 e. The fourth-order valence-corrected chi connectivity index (χ4v) is 3.03. The van der Waals surface area contributed by atoms with Crippen molar-refractivity contribution in [3.8, 4) is 0 Å². The second-order valence-electron chi connectivity index (χ2n) is 7.04. The second-order valence-corrected chi connectivity index (χ2v) is 7.04. The van der Waals surface area contributed by atoms with Crippen molar-refractivity contribution in [1.29, 1.82) is 0 Å². The Kier molecular flexibility index (Phi) is 5.42. The molecule has 1 aliphatic rings. The Bertz CT molecular complexity index is 428. The topological polar surface area (TPSA) is 26.7 Å². The standard InChI is InChI=1S/C18H30N2O/c1-5-19-10-12-20(13-11-19)17(14-21)15-6-8-16(9-7-15)18(2,3)4/h6-9,17,21H,5,10-14H2,1-4H3. The van der Waals surface area contributed by atoms with Gasteiger partial charge in [-0.05, 0) is 23.1 Å². The molecule has 1 atom stereocenters. The first kappa shape index (κ1) is 16.5. The van der Waals surface area contributed by atoms with E-state index in [9.17, 15) is 5.11 Å². The first-order valence-electron chi connectivity index (χ1n) is 8.13. The van der Waals surface area contributed by atoms with E-state index in [1.165, 1.54) is 11.1 Å². The summed E-state index contributed by atoms with van der Waals surface area (Å²) in [5.41, 5.74) is 2.76. The molecular weight excluding hydrogens is 260 g/mol. The molecule has 21 heavy (non-hydrogen) atoms. The molecule has 1 fully saturated rings. The van der Waals surface area contributed by atoms with Gasteiger partial charge in [0.25, 0.3) is 0 Å². The van der Waals surface area contributed by atoms with Crippen molar-refractivity contribution in [2.24, 2.45) is 0 Å². The highest BCUT2D eigenvalue weighted by Crippen LogP contribution is 2.26. The van der Waals surface area contributed by atoms with Gasteiger partial charge in [-0.3, -0.25) is 4.90 Å². The number of hydrogen-bond acceptors (Lipinski definition) is 3. The van der Waals surface area contributed by atoms with Crippen LogP contribution in [0.15, 0.2) is 24.3 Å². The molecule has 0 aromatic heterocycles. The highest BCUT2D eigenvalue weighted by atomic mass is 16.3. The fourth-order valence-electron chi connectivity index (χ4n) is 3.03. The summed E-state index contributed by atoms with van der Waals surface area (Å²) in [6.07, 6.45) is 0. The average molecular weight is 290 g/mol. The molecule has 1 unspecified atom stereocenters. The predicted octanol–water partition coefficient (Wildman–Crippen LogP) is 2.66. The summed E-state index contributed by atoms with van der Waals surface area (Å²) < 4.78 is 0. The fraction of sp³-hybridized carbons (Fsp3) is 0.667. The van der Waals surface area contributed by atoms with E-state index in [1.807, 2.05) is 0 Å². The molecule has 0 bridgehead atoms. The monoisotopic (exact) mass is 290 g/mol. The van der Waals surface area contributed by atoms with Gasteiger partial charge >= 0.3 is 0 Å². The SMILES string of the molecule is CCN1CCN(C(CO)c2ccc(C(C)(C)C)cc2)CC1. The molecule has 0 radical (unpaired) electrons. The molecule has 1 saturated heterocycles. The Balaban J connectivity index is 2.07. The van der Waals surface area contributed by atoms with Gasteiger partial charge in [0, 0.05) is 26.2 Å². The van der Waals surface area contributed by atoms with E-state index in [-0.39, 0.29) is 18.1 Å². The molecule has 3 nitrogen and oxygen atoms in total. The minimum absolute atomic E-state index is 0.137. The Morgan fingerprint density at radius 1 is 1.05 bits per heavy atom. The molecule has 0 amide bonds. The van der Waals surface area contributed by atoms with Crippen LogP contribution in [0.25, 0.3) is 0 Å². The maximum Gasteiger partial charge on any atom is 0.0628 e. The normalized spacial score (nSPS) is 19.7. The van der Waals surface area contributed by atoms with Crippen molar-refractivity contribution in [3.05, 3.63) is 35.4 Å². The Morgan fingerprint density at radius 3 is 2.05 bits per heavy atom. The van der Waals surface area contributed by atoms with E-state index in [0.29, 0.717) is 0 Å². The number of hydrogen-bond donors (Lipinski definition) is 1. The van der Waals surface area contributed by atoms with Crippen LogP contribution in [-0.2, 0) is 5.41 Å². The van der Waals surface area contributed by atoms with Gasteiger partial charge in [0.15, 0.2) is 0 Å². The molecule has 1 aliphatic heterocycles. The summed E-state index contributed by atoms with van der Waals surface area (Å²) in [5, 5.41) is 9.83. The van der Waals surface area contributed by atoms with E-state index in [1.54, 1.807) is 0 Å². The highest BCUT2D eigenvalue weighted by Gasteiger charge is 2.24. The van der Waals surface area contributed by atoms with Crippen LogP contribution >= 0.6 is 0 Å². The lowest BCUT2D eigenvalue weighted by Crippen LogP contribution is -2.48. The lowest BCUT2D eigenvalue weighted by molar-refractivity contribution is 0.0672. The zero-order chi connectivity index (χ0) is 15.5. The number of benzene rings is 1. The molecule has 0 saturated carbocycles. The van der Waals surface area contributed by atoms with Crippen molar-refractivity contribution in [3.63, 3.8) is 0 Å². The second kappa shape index (κ2) is 6.91. The van der Waals surface area contributed by atoms with Gasteiger partial charge in [0.05, 0.1) is 12.6 Å². The van der Waals surface area contributed by atoms with Crippen LogP contribution in [0.3, 0.4) is 0 Å². The van der Waals surface area contributed by atoms with E-state index < -0.39 is 0 Å². The summed E-state index contributed by atoms with van der Waals surface area (Å²) in [4.78, 5) is 4.88. The molecule has 1 heterocycles. The smallest absolute Gasteiger partial charge is 0.0628 e. The van der Waals surface area contributed by atoms with Gasteiger partial charge in [-0.2, -0.15) is 0 Å². The highest BCUT2D eigenvalue weighted by molar-refractivity contribution is 5.29. The van der Waals surface area contributed by atoms with Crippen LogP contribution < -0.4 is 0 Å². The first-order chi connectivity index (χ1) is 9.95. The van der Waals surface area contributed by atoms with Crippen LogP contribution in [0.5, 0.6) is 0 Å². The summed E-state index contributed by atoms with van der Waals surface area (Å²) in [6.45, 7) is 14.5. The van der Waals surface area contributed by atoms with Crippen molar-refractivity contribution in [1.82, 2.24) is 9.80 Å². The molecule has 1 N–H and O–H groups in total. The van der Waals surface area contributed by atoms with Crippen molar-refractivity contribution in [2.75, 3.05) is 39.3 Å². The van der Waals surface area contributed by atoms with Crippen LogP contribution in [0, 0.1) is 0 Å². The van der Waals surface area contributed by atoms with Crippen LogP contribution in [0.1, 0.15) is 44.9 Å². The van der Waals surface area contributed by atoms with E-state index in [0.717, 1.165) is 32.7 Å². The Hall–Kier alpha value is -0.900. The molecule has 0 aliphatic carbocycles. The molecule has 2 rings (SSSR count). The predicted molar refractivity (Wildman–Crippen MR) is 88.7 cm³/mol. The van der Waals surface area contributed by atoms with Crippen molar-refractivity contribution < 1.29 is 5.11 Å². The lowest BCUT2D eigenvalue weighted by atomic mass is 9.86. The number of nitrogens with zero attached hydrogens (tertiary/aromatic N) is 2. The zero-order valence-corrected chi connectivity index (χ0v) is 14.0. The molecule has 1 aromatic rings. The van der Waals surface area contributed by atoms with Gasteiger partial charge in [0.1, 0.15) is 0 Å². The summed E-state index contributed by atoms with van der Waals surface area (Å²) in [5.74, 6) is 0. The number of aliphatic hydroxyl groups is 1. The molecule has 118 valence electrons. The summed E-state index contributed by atoms with van der Waals surface area (Å²) in [7, 11) is 0. The number of rotatable bonds is 4. The number of aliphatic hydroxyl groups excluding tert-OH is 1. The van der Waals surface area contributed by atoms with Crippen molar-refractivity contribution >= 4 is 0 Å². The Labute approximate surface area is 129 Å². The van der Waals surface area contributed by atoms with E-state index in [4.69, 9.17) is 0 Å². The summed E-state index contributed by atoms with van der Waals surface area (Å²) in [6, 6.07) is 8.93. The van der Waals surface area contributed by atoms with Crippen LogP contribution in [0.2, 0.25) is 0 Å². The molecule has 1 aromatic carbocycles. The maximum atomic E-state index is 9.83. The van der Waals surface area contributed by atoms with Gasteiger partial charge < -0.3 is 10.0 Å². The van der Waals surface area contributed by atoms with Crippen molar-refractivity contribution in [2.45, 2.75) is 39.2 Å². The minimum atomic E-state index is 0.137. The van der Waals surface area contributed by atoms with E-state index >= 15 is 0 Å². The molecule has 3 heteroatoms. The third-order valence-electron chi connectivity index (χ3n) is 4.63. The quantitative estimate of drug-likeness (QED) is 0.923. The van der Waals surface area contributed by atoms with Gasteiger partial charge in [-0.1, -0.05) is 52.0 Å². The zero-order valence-electron chi connectivity index (χ0n) is 14.0. The number of piperazine rings is 1.